The number of benzene rings is 1. The molecule has 0 saturated carbocycles. The zero-order valence-electron chi connectivity index (χ0n) is 19.1. The van der Waals surface area contributed by atoms with E-state index in [0.717, 1.165) is 60.2 Å². The number of aromatic amines is 1. The molecule has 172 valence electrons. The standard InChI is InChI=1S/C24H28ClN7O/c1-4-31-12-18-19(29-31)8-7-16(21(18)25)17-11-27-22-20(17)23(33)30(3)24(28-22)32-14-5-6-15(32)10-13(9-14)26-2/h7-8,11-15,26-27H,4-6,9-10H2,1-3H3/t13-,14+,15-. The Morgan fingerprint density at radius 3 is 2.67 bits per heavy atom. The van der Waals surface area contributed by atoms with Crippen LogP contribution in [0, 0.1) is 0 Å². The van der Waals surface area contributed by atoms with Gasteiger partial charge in [0.2, 0.25) is 5.95 Å². The molecule has 3 atom stereocenters. The highest BCUT2D eigenvalue weighted by atomic mass is 35.5. The molecule has 9 heteroatoms. The van der Waals surface area contributed by atoms with Crippen LogP contribution in [0.25, 0.3) is 33.1 Å². The lowest BCUT2D eigenvalue weighted by molar-refractivity contribution is 0.367. The summed E-state index contributed by atoms with van der Waals surface area (Å²) in [5, 5.41) is 10.0. The molecule has 2 bridgehead atoms. The number of nitrogens with one attached hydrogen (secondary N) is 2. The van der Waals surface area contributed by atoms with Crippen molar-refractivity contribution in [3.63, 3.8) is 0 Å². The monoisotopic (exact) mass is 465 g/mol. The second kappa shape index (κ2) is 7.60. The van der Waals surface area contributed by atoms with E-state index in [4.69, 9.17) is 16.6 Å². The number of anilines is 1. The van der Waals surface area contributed by atoms with Crippen LogP contribution in [0.15, 0.2) is 29.3 Å². The third-order valence-corrected chi connectivity index (χ3v) is 7.95. The van der Waals surface area contributed by atoms with Gasteiger partial charge in [-0.15, -0.1) is 0 Å². The average molecular weight is 466 g/mol. The SMILES string of the molecule is CCn1cc2c(Cl)c(-c3c[nH]c4nc(N5[C@@H]6CC[C@H]5C[C@@H](NC)C6)n(C)c(=O)c34)ccc2n1. The minimum atomic E-state index is -0.0539. The molecular formula is C24H28ClN7O. The number of piperidine rings is 1. The Kier molecular flexibility index (Phi) is 4.78. The van der Waals surface area contributed by atoms with Gasteiger partial charge in [-0.25, -0.2) is 0 Å². The molecule has 0 amide bonds. The fraction of sp³-hybridized carbons (Fsp3) is 0.458. The quantitative estimate of drug-likeness (QED) is 0.480. The lowest BCUT2D eigenvalue weighted by Crippen LogP contribution is -2.50. The maximum absolute atomic E-state index is 13.6. The topological polar surface area (TPSA) is 83.8 Å². The highest BCUT2D eigenvalue weighted by Crippen LogP contribution is 2.40. The summed E-state index contributed by atoms with van der Waals surface area (Å²) in [7, 11) is 3.87. The van der Waals surface area contributed by atoms with Gasteiger partial charge in [0.1, 0.15) is 5.65 Å². The molecule has 0 radical (unpaired) electrons. The normalized spacial score (nSPS) is 22.7. The smallest absolute Gasteiger partial charge is 0.264 e. The number of hydrogen-bond acceptors (Lipinski definition) is 5. The molecule has 6 rings (SSSR count). The summed E-state index contributed by atoms with van der Waals surface area (Å²) in [6.07, 6.45) is 8.26. The number of aromatic nitrogens is 5. The van der Waals surface area contributed by atoms with Gasteiger partial charge in [0, 0.05) is 60.6 Å². The van der Waals surface area contributed by atoms with E-state index >= 15 is 0 Å². The van der Waals surface area contributed by atoms with Crippen molar-refractivity contribution in [1.82, 2.24) is 29.6 Å². The molecule has 1 aromatic carbocycles. The maximum Gasteiger partial charge on any atom is 0.264 e. The Morgan fingerprint density at radius 2 is 1.97 bits per heavy atom. The Hall–Kier alpha value is -2.84. The molecule has 5 heterocycles. The summed E-state index contributed by atoms with van der Waals surface area (Å²) < 4.78 is 3.58. The van der Waals surface area contributed by atoms with Gasteiger partial charge < -0.3 is 15.2 Å². The van der Waals surface area contributed by atoms with Crippen LogP contribution in [0.4, 0.5) is 5.95 Å². The van der Waals surface area contributed by atoms with E-state index in [1.165, 1.54) is 0 Å². The number of rotatable bonds is 4. The van der Waals surface area contributed by atoms with E-state index in [-0.39, 0.29) is 5.56 Å². The van der Waals surface area contributed by atoms with E-state index in [9.17, 15) is 4.79 Å². The first-order chi connectivity index (χ1) is 16.0. The van der Waals surface area contributed by atoms with E-state index in [1.807, 2.05) is 50.2 Å². The molecular weight excluding hydrogens is 438 g/mol. The molecule has 0 unspecified atom stereocenters. The van der Waals surface area contributed by atoms with Crippen LogP contribution in [-0.2, 0) is 13.6 Å². The van der Waals surface area contributed by atoms with Crippen molar-refractivity contribution in [2.45, 2.75) is 57.3 Å². The second-order valence-electron chi connectivity index (χ2n) is 9.30. The molecule has 4 aromatic rings. The number of aryl methyl sites for hydroxylation is 1. The summed E-state index contributed by atoms with van der Waals surface area (Å²) in [4.78, 5) is 24.2. The molecule has 0 aliphatic carbocycles. The third-order valence-electron chi connectivity index (χ3n) is 7.55. The first-order valence-corrected chi connectivity index (χ1v) is 12.1. The van der Waals surface area contributed by atoms with E-state index in [0.29, 0.717) is 34.2 Å². The van der Waals surface area contributed by atoms with Crippen molar-refractivity contribution in [2.24, 2.45) is 7.05 Å². The minimum Gasteiger partial charge on any atom is -0.345 e. The number of fused-ring (bicyclic) bond motifs is 4. The van der Waals surface area contributed by atoms with Crippen LogP contribution in [0.1, 0.15) is 32.6 Å². The highest BCUT2D eigenvalue weighted by Gasteiger charge is 2.42. The number of H-pyrrole nitrogens is 1. The predicted molar refractivity (Wildman–Crippen MR) is 132 cm³/mol. The summed E-state index contributed by atoms with van der Waals surface area (Å²) in [6, 6.07) is 5.26. The van der Waals surface area contributed by atoms with E-state index in [1.54, 1.807) is 4.57 Å². The van der Waals surface area contributed by atoms with Crippen LogP contribution < -0.4 is 15.8 Å². The highest BCUT2D eigenvalue weighted by molar-refractivity contribution is 6.38. The lowest BCUT2D eigenvalue weighted by atomic mass is 9.98. The van der Waals surface area contributed by atoms with Crippen molar-refractivity contribution < 1.29 is 0 Å². The van der Waals surface area contributed by atoms with Gasteiger partial charge in [-0.1, -0.05) is 17.7 Å². The van der Waals surface area contributed by atoms with Crippen LogP contribution >= 0.6 is 11.6 Å². The zero-order valence-corrected chi connectivity index (χ0v) is 19.9. The van der Waals surface area contributed by atoms with Gasteiger partial charge in [0.25, 0.3) is 5.56 Å². The predicted octanol–water partition coefficient (Wildman–Crippen LogP) is 3.67. The van der Waals surface area contributed by atoms with Gasteiger partial charge in [-0.05, 0) is 45.7 Å². The van der Waals surface area contributed by atoms with E-state index in [2.05, 4.69) is 20.3 Å². The van der Waals surface area contributed by atoms with Crippen molar-refractivity contribution in [1.29, 1.82) is 0 Å². The number of hydrogen-bond donors (Lipinski definition) is 2. The van der Waals surface area contributed by atoms with Crippen LogP contribution in [-0.4, -0.2) is 49.5 Å². The zero-order chi connectivity index (χ0) is 22.9. The third kappa shape index (κ3) is 3.04. The molecule has 2 N–H and O–H groups in total. The average Bonchev–Trinajstić information content (AvgIpc) is 3.50. The van der Waals surface area contributed by atoms with Gasteiger partial charge in [0.15, 0.2) is 0 Å². The molecule has 2 fully saturated rings. The first kappa shape index (κ1) is 20.7. The van der Waals surface area contributed by atoms with Gasteiger partial charge in [-0.2, -0.15) is 10.1 Å². The van der Waals surface area contributed by atoms with E-state index < -0.39 is 0 Å². The Balaban J connectivity index is 1.47. The molecule has 0 spiro atoms. The fourth-order valence-corrected chi connectivity index (χ4v) is 6.12. The Bertz CT molecular complexity index is 1420. The molecule has 8 nitrogen and oxygen atoms in total. The Morgan fingerprint density at radius 1 is 1.21 bits per heavy atom. The molecule has 2 aliphatic heterocycles. The van der Waals surface area contributed by atoms with Crippen molar-refractivity contribution in [2.75, 3.05) is 11.9 Å². The van der Waals surface area contributed by atoms with Crippen LogP contribution in [0.3, 0.4) is 0 Å². The molecule has 2 saturated heterocycles. The van der Waals surface area contributed by atoms with Crippen LogP contribution in [0.5, 0.6) is 0 Å². The first-order valence-electron chi connectivity index (χ1n) is 11.7. The number of nitrogens with zero attached hydrogens (tertiary/aromatic N) is 5. The van der Waals surface area contributed by atoms with Crippen molar-refractivity contribution in [3.8, 4) is 11.1 Å². The molecule has 2 aliphatic rings. The van der Waals surface area contributed by atoms with Crippen molar-refractivity contribution >= 4 is 39.5 Å². The van der Waals surface area contributed by atoms with Gasteiger partial charge >= 0.3 is 0 Å². The summed E-state index contributed by atoms with van der Waals surface area (Å²) in [5.74, 6) is 0.758. The molecule has 3 aromatic heterocycles. The second-order valence-corrected chi connectivity index (χ2v) is 9.67. The largest absolute Gasteiger partial charge is 0.345 e. The summed E-state index contributed by atoms with van der Waals surface area (Å²) in [6.45, 7) is 2.81. The lowest BCUT2D eigenvalue weighted by Gasteiger charge is -2.40. The van der Waals surface area contributed by atoms with Crippen LogP contribution in [0.2, 0.25) is 5.02 Å². The molecule has 33 heavy (non-hydrogen) atoms. The minimum absolute atomic E-state index is 0.0539. The Labute approximate surface area is 196 Å². The number of halogens is 1. The van der Waals surface area contributed by atoms with Crippen molar-refractivity contribution in [3.05, 3.63) is 39.9 Å². The summed E-state index contributed by atoms with van der Waals surface area (Å²) >= 11 is 6.81. The fourth-order valence-electron chi connectivity index (χ4n) is 5.81. The summed E-state index contributed by atoms with van der Waals surface area (Å²) in [5.41, 5.74) is 2.99. The van der Waals surface area contributed by atoms with Gasteiger partial charge in [0.05, 0.1) is 15.9 Å². The van der Waals surface area contributed by atoms with Gasteiger partial charge in [-0.3, -0.25) is 14.0 Å². The maximum atomic E-state index is 13.6.